The van der Waals surface area contributed by atoms with Crippen LogP contribution in [0.5, 0.6) is 0 Å². The van der Waals surface area contributed by atoms with Gasteiger partial charge in [-0.25, -0.2) is 4.98 Å². The Labute approximate surface area is 144 Å². The summed E-state index contributed by atoms with van der Waals surface area (Å²) in [5, 5.41) is 5.85. The Morgan fingerprint density at radius 1 is 1.17 bits per heavy atom. The lowest BCUT2D eigenvalue weighted by atomic mass is 10.1. The van der Waals surface area contributed by atoms with Crippen LogP contribution in [0.15, 0.2) is 0 Å². The summed E-state index contributed by atoms with van der Waals surface area (Å²) < 4.78 is 1.93. The zero-order valence-electron chi connectivity index (χ0n) is 15.2. The maximum Gasteiger partial charge on any atom is 0.287 e. The van der Waals surface area contributed by atoms with Crippen LogP contribution in [0.1, 0.15) is 79.7 Å². The molecule has 0 saturated carbocycles. The van der Waals surface area contributed by atoms with Crippen LogP contribution in [0.3, 0.4) is 0 Å². The number of hydrogen-bond acceptors (Lipinski definition) is 3. The van der Waals surface area contributed by atoms with Gasteiger partial charge in [-0.3, -0.25) is 9.59 Å². The Morgan fingerprint density at radius 3 is 2.67 bits per heavy atom. The second-order valence-electron chi connectivity index (χ2n) is 6.91. The molecule has 0 aromatic carbocycles. The molecule has 1 aromatic rings. The van der Waals surface area contributed by atoms with Gasteiger partial charge in [0.1, 0.15) is 5.69 Å². The monoisotopic (exact) mass is 334 g/mol. The minimum Gasteiger partial charge on any atom is -0.350 e. The number of nitrogens with one attached hydrogen (secondary N) is 2. The van der Waals surface area contributed by atoms with Crippen molar-refractivity contribution in [3.8, 4) is 0 Å². The number of amides is 2. The Morgan fingerprint density at radius 2 is 1.96 bits per heavy atom. The lowest BCUT2D eigenvalue weighted by molar-refractivity contribution is 0.0937. The quantitative estimate of drug-likeness (QED) is 0.717. The largest absolute Gasteiger partial charge is 0.350 e. The van der Waals surface area contributed by atoms with Crippen molar-refractivity contribution < 1.29 is 9.59 Å². The number of aromatic nitrogens is 2. The summed E-state index contributed by atoms with van der Waals surface area (Å²) in [5.41, 5.74) is 1.33. The normalized spacial score (nSPS) is 13.7. The van der Waals surface area contributed by atoms with Crippen LogP contribution >= 0.6 is 0 Å². The highest BCUT2D eigenvalue weighted by Gasteiger charge is 2.27. The number of unbranched alkanes of at least 4 members (excludes halogenated alkanes) is 2. The summed E-state index contributed by atoms with van der Waals surface area (Å²) in [6.07, 6.45) is 6.05. The summed E-state index contributed by atoms with van der Waals surface area (Å²) in [7, 11) is 0. The standard InChI is InChI=1S/C18H30N4O2/c1-4-5-7-10-19-18(24)16-21-15(17(23)20-12-13(2)3)14-9-6-8-11-22(14)16/h13H,4-12H2,1-3H3,(H,19,24)(H,20,23). The Kier molecular flexibility index (Phi) is 6.82. The number of carbonyl (C=O) groups excluding carboxylic acids is 2. The molecule has 6 nitrogen and oxygen atoms in total. The van der Waals surface area contributed by atoms with E-state index in [1.807, 2.05) is 4.57 Å². The molecular weight excluding hydrogens is 304 g/mol. The summed E-state index contributed by atoms with van der Waals surface area (Å²) in [6, 6.07) is 0. The van der Waals surface area contributed by atoms with Crippen LogP contribution in [0.25, 0.3) is 0 Å². The molecule has 2 amide bonds. The van der Waals surface area contributed by atoms with E-state index >= 15 is 0 Å². The number of rotatable bonds is 8. The summed E-state index contributed by atoms with van der Waals surface area (Å²) in [6.45, 7) is 8.27. The molecule has 134 valence electrons. The van der Waals surface area contributed by atoms with E-state index < -0.39 is 0 Å². The molecular formula is C18H30N4O2. The van der Waals surface area contributed by atoms with Crippen molar-refractivity contribution in [2.24, 2.45) is 5.92 Å². The van der Waals surface area contributed by atoms with Gasteiger partial charge in [-0.2, -0.15) is 0 Å². The smallest absolute Gasteiger partial charge is 0.287 e. The molecule has 0 radical (unpaired) electrons. The van der Waals surface area contributed by atoms with Crippen LogP contribution < -0.4 is 10.6 Å². The fourth-order valence-electron chi connectivity index (χ4n) is 2.93. The fraction of sp³-hybridized carbons (Fsp3) is 0.722. The predicted molar refractivity (Wildman–Crippen MR) is 94.2 cm³/mol. The summed E-state index contributed by atoms with van der Waals surface area (Å²) >= 11 is 0. The van der Waals surface area contributed by atoms with Crippen molar-refractivity contribution in [3.63, 3.8) is 0 Å². The SMILES string of the molecule is CCCCCNC(=O)c1nc(C(=O)NCC(C)C)c2n1CCCC2. The minimum absolute atomic E-state index is 0.167. The van der Waals surface area contributed by atoms with Gasteiger partial charge in [0.2, 0.25) is 0 Å². The zero-order chi connectivity index (χ0) is 17.5. The average Bonchev–Trinajstić information content (AvgIpc) is 2.96. The molecule has 0 saturated heterocycles. The van der Waals surface area contributed by atoms with Crippen molar-refractivity contribution >= 4 is 11.8 Å². The van der Waals surface area contributed by atoms with E-state index in [0.29, 0.717) is 30.5 Å². The number of nitrogens with zero attached hydrogens (tertiary/aromatic N) is 2. The van der Waals surface area contributed by atoms with E-state index in [-0.39, 0.29) is 11.8 Å². The van der Waals surface area contributed by atoms with Gasteiger partial charge in [-0.15, -0.1) is 0 Å². The Hall–Kier alpha value is -1.85. The highest BCUT2D eigenvalue weighted by atomic mass is 16.2. The van der Waals surface area contributed by atoms with Crippen molar-refractivity contribution in [2.75, 3.05) is 13.1 Å². The van der Waals surface area contributed by atoms with Crippen molar-refractivity contribution in [2.45, 2.75) is 65.8 Å². The van der Waals surface area contributed by atoms with E-state index in [0.717, 1.165) is 50.8 Å². The third-order valence-corrected chi connectivity index (χ3v) is 4.27. The molecule has 6 heteroatoms. The topological polar surface area (TPSA) is 76.0 Å². The van der Waals surface area contributed by atoms with E-state index in [1.54, 1.807) is 0 Å². The number of hydrogen-bond donors (Lipinski definition) is 2. The van der Waals surface area contributed by atoms with Crippen molar-refractivity contribution in [1.82, 2.24) is 20.2 Å². The molecule has 0 aliphatic carbocycles. The average molecular weight is 334 g/mol. The molecule has 2 heterocycles. The highest BCUT2D eigenvalue weighted by molar-refractivity contribution is 5.97. The maximum absolute atomic E-state index is 12.5. The van der Waals surface area contributed by atoms with Gasteiger partial charge in [0.15, 0.2) is 5.82 Å². The fourth-order valence-corrected chi connectivity index (χ4v) is 2.93. The molecule has 1 aliphatic rings. The van der Waals surface area contributed by atoms with Crippen LogP contribution in [-0.4, -0.2) is 34.5 Å². The molecule has 2 rings (SSSR count). The molecule has 1 aliphatic heterocycles. The Bertz CT molecular complexity index is 578. The van der Waals surface area contributed by atoms with Gasteiger partial charge in [-0.1, -0.05) is 33.6 Å². The van der Waals surface area contributed by atoms with Crippen molar-refractivity contribution in [1.29, 1.82) is 0 Å². The second-order valence-corrected chi connectivity index (χ2v) is 6.91. The van der Waals surface area contributed by atoms with Crippen LogP contribution in [0.2, 0.25) is 0 Å². The molecule has 0 fully saturated rings. The first-order valence-corrected chi connectivity index (χ1v) is 9.20. The van der Waals surface area contributed by atoms with E-state index in [9.17, 15) is 9.59 Å². The number of imidazole rings is 1. The number of fused-ring (bicyclic) bond motifs is 1. The first-order chi connectivity index (χ1) is 11.5. The molecule has 0 bridgehead atoms. The van der Waals surface area contributed by atoms with Crippen LogP contribution in [-0.2, 0) is 13.0 Å². The lowest BCUT2D eigenvalue weighted by Gasteiger charge is -2.17. The van der Waals surface area contributed by atoms with Gasteiger partial charge in [0, 0.05) is 19.6 Å². The molecule has 0 atom stereocenters. The first-order valence-electron chi connectivity index (χ1n) is 9.20. The van der Waals surface area contributed by atoms with Gasteiger partial charge in [-0.05, 0) is 31.6 Å². The van der Waals surface area contributed by atoms with Gasteiger partial charge in [0.25, 0.3) is 11.8 Å². The highest BCUT2D eigenvalue weighted by Crippen LogP contribution is 2.21. The van der Waals surface area contributed by atoms with Gasteiger partial charge < -0.3 is 15.2 Å². The van der Waals surface area contributed by atoms with Crippen molar-refractivity contribution in [3.05, 3.63) is 17.2 Å². The predicted octanol–water partition coefficient (Wildman–Crippen LogP) is 2.53. The minimum atomic E-state index is -0.169. The van der Waals surface area contributed by atoms with E-state index in [2.05, 4.69) is 36.4 Å². The lowest BCUT2D eigenvalue weighted by Crippen LogP contribution is -2.29. The third-order valence-electron chi connectivity index (χ3n) is 4.27. The van der Waals surface area contributed by atoms with Gasteiger partial charge in [0.05, 0.1) is 5.69 Å². The Balaban J connectivity index is 2.13. The van der Waals surface area contributed by atoms with E-state index in [4.69, 9.17) is 0 Å². The molecule has 24 heavy (non-hydrogen) atoms. The second kappa shape index (κ2) is 8.85. The van der Waals surface area contributed by atoms with Crippen LogP contribution in [0.4, 0.5) is 0 Å². The summed E-state index contributed by atoms with van der Waals surface area (Å²) in [5.74, 6) is 0.432. The molecule has 0 unspecified atom stereocenters. The molecule has 1 aromatic heterocycles. The molecule has 2 N–H and O–H groups in total. The zero-order valence-corrected chi connectivity index (χ0v) is 15.2. The van der Waals surface area contributed by atoms with E-state index in [1.165, 1.54) is 0 Å². The van der Waals surface area contributed by atoms with Crippen LogP contribution in [0, 0.1) is 5.92 Å². The summed E-state index contributed by atoms with van der Waals surface area (Å²) in [4.78, 5) is 29.3. The maximum atomic E-state index is 12.5. The molecule has 0 spiro atoms. The first kappa shape index (κ1) is 18.5. The van der Waals surface area contributed by atoms with Gasteiger partial charge >= 0.3 is 0 Å². The third kappa shape index (κ3) is 4.58. The number of carbonyl (C=O) groups is 2.